The van der Waals surface area contributed by atoms with E-state index in [4.69, 9.17) is 0 Å². The third-order valence-electron chi connectivity index (χ3n) is 3.94. The number of alkyl halides is 3. The maximum Gasteiger partial charge on any atom is 0.389 e. The van der Waals surface area contributed by atoms with Crippen LogP contribution >= 0.6 is 0 Å². The summed E-state index contributed by atoms with van der Waals surface area (Å²) in [4.78, 5) is 25.7. The molecule has 1 rings (SSSR count). The Morgan fingerprint density at radius 2 is 1.80 bits per heavy atom. The van der Waals surface area contributed by atoms with Crippen molar-refractivity contribution in [2.75, 3.05) is 6.54 Å². The number of nitrogens with one attached hydrogen (secondary N) is 1. The van der Waals surface area contributed by atoms with Gasteiger partial charge in [0.25, 0.3) is 0 Å². The number of halogens is 3. The summed E-state index contributed by atoms with van der Waals surface area (Å²) in [6, 6.07) is -0.681. The van der Waals surface area contributed by atoms with Gasteiger partial charge in [0.15, 0.2) is 0 Å². The van der Waals surface area contributed by atoms with E-state index in [-0.39, 0.29) is 24.8 Å². The fraction of sp³-hybridized carbons (Fsp3) is 0.846. The summed E-state index contributed by atoms with van der Waals surface area (Å²) in [7, 11) is 0. The summed E-state index contributed by atoms with van der Waals surface area (Å²) in [5.41, 5.74) is -1.02. The summed E-state index contributed by atoms with van der Waals surface area (Å²) in [6.07, 6.45) is -4.60. The summed E-state index contributed by atoms with van der Waals surface area (Å²) in [5, 5.41) is 2.61. The molecule has 1 aliphatic rings. The molecule has 1 unspecified atom stereocenters. The maximum absolute atomic E-state index is 12.2. The van der Waals surface area contributed by atoms with Crippen molar-refractivity contribution >= 4 is 11.8 Å². The predicted octanol–water partition coefficient (Wildman–Crippen LogP) is 2.23. The Bertz CT molecular complexity index is 378. The van der Waals surface area contributed by atoms with Crippen molar-refractivity contribution in [1.82, 2.24) is 10.2 Å². The third-order valence-corrected chi connectivity index (χ3v) is 3.94. The van der Waals surface area contributed by atoms with Gasteiger partial charge in [-0.3, -0.25) is 9.59 Å². The second-order valence-electron chi connectivity index (χ2n) is 5.14. The van der Waals surface area contributed by atoms with Gasteiger partial charge in [0, 0.05) is 13.0 Å². The molecule has 0 saturated carbocycles. The van der Waals surface area contributed by atoms with Crippen molar-refractivity contribution in [3.63, 3.8) is 0 Å². The number of carbonyl (C=O) groups is 2. The van der Waals surface area contributed by atoms with Crippen LogP contribution in [0, 0.1) is 0 Å². The van der Waals surface area contributed by atoms with Crippen molar-refractivity contribution in [3.8, 4) is 0 Å². The standard InChI is InChI=1S/C13H21F3N2O2/c1-4-12(5-2)11(20)17-9(3)10(19)18(12)8-6-7-13(14,15)16/h9H,4-8H2,1-3H3,(H,17,20). The lowest BCUT2D eigenvalue weighted by molar-refractivity contribution is -0.160. The zero-order chi connectivity index (χ0) is 15.6. The Labute approximate surface area is 116 Å². The Morgan fingerprint density at radius 1 is 1.25 bits per heavy atom. The van der Waals surface area contributed by atoms with Crippen LogP contribution in [-0.2, 0) is 9.59 Å². The zero-order valence-electron chi connectivity index (χ0n) is 12.0. The quantitative estimate of drug-likeness (QED) is 0.845. The van der Waals surface area contributed by atoms with E-state index in [2.05, 4.69) is 5.32 Å². The van der Waals surface area contributed by atoms with Crippen LogP contribution in [0.2, 0.25) is 0 Å². The molecule has 0 aromatic heterocycles. The SMILES string of the molecule is CCC1(CC)C(=O)NC(C)C(=O)N1CCCC(F)(F)F. The van der Waals surface area contributed by atoms with Gasteiger partial charge in [0.2, 0.25) is 11.8 Å². The molecule has 4 nitrogen and oxygen atoms in total. The van der Waals surface area contributed by atoms with Crippen LogP contribution in [-0.4, -0.2) is 41.0 Å². The highest BCUT2D eigenvalue weighted by atomic mass is 19.4. The van der Waals surface area contributed by atoms with Gasteiger partial charge >= 0.3 is 6.18 Å². The number of hydrogen-bond acceptors (Lipinski definition) is 2. The second-order valence-corrected chi connectivity index (χ2v) is 5.14. The Morgan fingerprint density at radius 3 is 2.25 bits per heavy atom. The van der Waals surface area contributed by atoms with Crippen LogP contribution in [0.5, 0.6) is 0 Å². The van der Waals surface area contributed by atoms with E-state index < -0.39 is 24.2 Å². The van der Waals surface area contributed by atoms with Gasteiger partial charge in [-0.05, 0) is 26.2 Å². The maximum atomic E-state index is 12.2. The molecule has 0 bridgehead atoms. The molecule has 2 amide bonds. The minimum Gasteiger partial charge on any atom is -0.343 e. The number of nitrogens with zero attached hydrogens (tertiary/aromatic N) is 1. The number of amides is 2. The van der Waals surface area contributed by atoms with Gasteiger partial charge in [-0.15, -0.1) is 0 Å². The first-order chi connectivity index (χ1) is 9.18. The van der Waals surface area contributed by atoms with Gasteiger partial charge in [-0.1, -0.05) is 13.8 Å². The summed E-state index contributed by atoms with van der Waals surface area (Å²) < 4.78 is 36.7. The minimum atomic E-state index is -4.24. The van der Waals surface area contributed by atoms with Crippen LogP contribution < -0.4 is 5.32 Å². The predicted molar refractivity (Wildman–Crippen MR) is 67.9 cm³/mol. The molecule has 116 valence electrons. The molecule has 0 radical (unpaired) electrons. The molecular formula is C13H21F3N2O2. The van der Waals surface area contributed by atoms with Gasteiger partial charge in [-0.2, -0.15) is 13.2 Å². The zero-order valence-corrected chi connectivity index (χ0v) is 12.0. The molecule has 7 heteroatoms. The second kappa shape index (κ2) is 6.01. The van der Waals surface area contributed by atoms with Crippen LogP contribution in [0.15, 0.2) is 0 Å². The Hall–Kier alpha value is -1.27. The molecule has 1 N–H and O–H groups in total. The first-order valence-electron chi connectivity index (χ1n) is 6.87. The lowest BCUT2D eigenvalue weighted by Crippen LogP contribution is -2.69. The summed E-state index contributed by atoms with van der Waals surface area (Å²) >= 11 is 0. The van der Waals surface area contributed by atoms with Crippen molar-refractivity contribution in [1.29, 1.82) is 0 Å². The fourth-order valence-corrected chi connectivity index (χ4v) is 2.67. The molecule has 0 aromatic rings. The van der Waals surface area contributed by atoms with Crippen molar-refractivity contribution in [3.05, 3.63) is 0 Å². The van der Waals surface area contributed by atoms with Crippen molar-refractivity contribution in [2.45, 2.75) is 64.2 Å². The highest BCUT2D eigenvalue weighted by Crippen LogP contribution is 2.30. The molecule has 0 aromatic carbocycles. The Balaban J connectivity index is 2.89. The smallest absolute Gasteiger partial charge is 0.343 e. The number of carbonyl (C=O) groups excluding carboxylic acids is 2. The molecule has 1 aliphatic heterocycles. The van der Waals surface area contributed by atoms with Crippen LogP contribution in [0.4, 0.5) is 13.2 Å². The van der Waals surface area contributed by atoms with Gasteiger partial charge < -0.3 is 10.2 Å². The van der Waals surface area contributed by atoms with E-state index in [0.29, 0.717) is 12.8 Å². The van der Waals surface area contributed by atoms with Crippen LogP contribution in [0.3, 0.4) is 0 Å². The van der Waals surface area contributed by atoms with Gasteiger partial charge in [0.05, 0.1) is 0 Å². The fourth-order valence-electron chi connectivity index (χ4n) is 2.67. The highest BCUT2D eigenvalue weighted by molar-refractivity contribution is 5.99. The lowest BCUT2D eigenvalue weighted by Gasteiger charge is -2.47. The number of rotatable bonds is 5. The van der Waals surface area contributed by atoms with E-state index in [0.717, 1.165) is 0 Å². The first-order valence-corrected chi connectivity index (χ1v) is 6.87. The molecule has 1 saturated heterocycles. The van der Waals surface area contributed by atoms with Gasteiger partial charge in [-0.25, -0.2) is 0 Å². The van der Waals surface area contributed by atoms with E-state index in [1.807, 2.05) is 0 Å². The molecule has 0 spiro atoms. The van der Waals surface area contributed by atoms with Crippen LogP contribution in [0.1, 0.15) is 46.5 Å². The highest BCUT2D eigenvalue weighted by Gasteiger charge is 2.49. The topological polar surface area (TPSA) is 49.4 Å². The normalized spacial score (nSPS) is 22.9. The molecule has 1 heterocycles. The van der Waals surface area contributed by atoms with E-state index in [1.54, 1.807) is 20.8 Å². The van der Waals surface area contributed by atoms with E-state index in [1.165, 1.54) is 4.90 Å². The summed E-state index contributed by atoms with van der Waals surface area (Å²) in [6.45, 7) is 5.04. The largest absolute Gasteiger partial charge is 0.389 e. The van der Waals surface area contributed by atoms with Crippen molar-refractivity contribution in [2.24, 2.45) is 0 Å². The Kier molecular flexibility index (Phi) is 5.05. The number of hydrogen-bond donors (Lipinski definition) is 1. The molecule has 1 fully saturated rings. The third kappa shape index (κ3) is 3.24. The molecule has 1 atom stereocenters. The number of piperazine rings is 1. The molecular weight excluding hydrogens is 273 g/mol. The average molecular weight is 294 g/mol. The van der Waals surface area contributed by atoms with Crippen LogP contribution in [0.25, 0.3) is 0 Å². The van der Waals surface area contributed by atoms with Crippen molar-refractivity contribution < 1.29 is 22.8 Å². The van der Waals surface area contributed by atoms with Gasteiger partial charge in [0.1, 0.15) is 11.6 Å². The summed E-state index contributed by atoms with van der Waals surface area (Å²) in [5.74, 6) is -0.586. The molecule has 0 aliphatic carbocycles. The average Bonchev–Trinajstić information content (AvgIpc) is 2.35. The molecule has 20 heavy (non-hydrogen) atoms. The monoisotopic (exact) mass is 294 g/mol. The lowest BCUT2D eigenvalue weighted by atomic mass is 9.86. The minimum absolute atomic E-state index is 0.0439. The first kappa shape index (κ1) is 16.8. The van der Waals surface area contributed by atoms with E-state index >= 15 is 0 Å². The van der Waals surface area contributed by atoms with E-state index in [9.17, 15) is 22.8 Å².